The normalized spacial score (nSPS) is 28.3. The summed E-state index contributed by atoms with van der Waals surface area (Å²) in [6.45, 7) is 0. The van der Waals surface area contributed by atoms with E-state index in [0.29, 0.717) is 40.5 Å². The molecule has 10 rings (SSSR count). The van der Waals surface area contributed by atoms with E-state index in [1.165, 1.54) is 62.6 Å². The highest BCUT2D eigenvalue weighted by atomic mass is 19.3. The molecular weight excluding hydrogens is 538 g/mol. The van der Waals surface area contributed by atoms with Crippen molar-refractivity contribution in [1.82, 2.24) is 15.3 Å². The van der Waals surface area contributed by atoms with Crippen molar-refractivity contribution < 1.29 is 8.78 Å². The van der Waals surface area contributed by atoms with Gasteiger partial charge in [0.15, 0.2) is 0 Å². The van der Waals surface area contributed by atoms with Crippen molar-refractivity contribution in [2.75, 3.05) is 0 Å². The molecule has 1 spiro atoms. The molecule has 4 aliphatic carbocycles. The van der Waals surface area contributed by atoms with Crippen LogP contribution in [-0.2, 0) is 12.3 Å². The van der Waals surface area contributed by atoms with E-state index in [2.05, 4.69) is 27.4 Å². The minimum Gasteiger partial charge on any atom is -0.342 e. The van der Waals surface area contributed by atoms with Crippen LogP contribution in [0.4, 0.5) is 14.5 Å². The number of piperidine rings is 1. The number of rotatable bonds is 4. The summed E-state index contributed by atoms with van der Waals surface area (Å²) >= 11 is 0. The number of H-pyrrole nitrogens is 1. The summed E-state index contributed by atoms with van der Waals surface area (Å²) in [6, 6.07) is 18.3. The summed E-state index contributed by atoms with van der Waals surface area (Å²) in [4.78, 5) is 13.2. The van der Waals surface area contributed by atoms with Crippen molar-refractivity contribution in [3.8, 4) is 33.5 Å². The Bertz CT molecular complexity index is 1860. The third-order valence-electron chi connectivity index (χ3n) is 11.7. The van der Waals surface area contributed by atoms with Crippen LogP contribution in [-0.4, -0.2) is 27.8 Å². The fraction of sp³-hybridized carbons (Fsp3) is 0.405. The summed E-state index contributed by atoms with van der Waals surface area (Å²) in [5.74, 6) is -0.889. The van der Waals surface area contributed by atoms with Gasteiger partial charge in [0.25, 0.3) is 5.92 Å². The van der Waals surface area contributed by atoms with E-state index in [9.17, 15) is 0 Å². The Morgan fingerprint density at radius 2 is 1.58 bits per heavy atom. The van der Waals surface area contributed by atoms with Gasteiger partial charge in [-0.15, -0.1) is 0 Å². The standard InChI is InChI=1S/C37H34F2N4/c38-37(39)29-15-21(20-4-8-31-25(13-20)17-32(42-31)34-23-1-5-26(14-23)41-34)2-6-27(29)28-7-3-22(16-30(28)37)33-19-40-35(43-33)24-9-10-36(18-24)11-12-36/h2-4,6-8,13,15-16,19,23-24,26,34,41H,1,5,9-12,14,17-18H2,(H,40,43)/t23-,24-,26+,34?/m0/s1. The van der Waals surface area contributed by atoms with Crippen LogP contribution in [0.25, 0.3) is 33.5 Å². The number of aromatic amines is 1. The lowest BCUT2D eigenvalue weighted by atomic mass is 9.92. The Morgan fingerprint density at radius 1 is 0.814 bits per heavy atom. The van der Waals surface area contributed by atoms with Crippen molar-refractivity contribution in [3.05, 3.63) is 83.3 Å². The SMILES string of the molecule is FC1(F)c2cc(-c3ccc4c(c3)CC(C3N[C@@H]5CC[C@H]3C5)=N4)ccc2-c2ccc(-c3cnc([C@H]4CCC5(CC5)C4)[nH]3)cc21. The molecular formula is C37H34F2N4. The fourth-order valence-corrected chi connectivity index (χ4v) is 9.15. The molecule has 43 heavy (non-hydrogen) atoms. The summed E-state index contributed by atoms with van der Waals surface area (Å²) in [6.07, 6.45) is 12.9. The van der Waals surface area contributed by atoms with Gasteiger partial charge in [0, 0.05) is 46.8 Å². The Kier molecular flexibility index (Phi) is 4.90. The molecule has 6 heteroatoms. The van der Waals surface area contributed by atoms with Crippen LogP contribution >= 0.6 is 0 Å². The second-order valence-corrected chi connectivity index (χ2v) is 14.3. The molecule has 4 fully saturated rings. The van der Waals surface area contributed by atoms with Crippen molar-refractivity contribution in [2.45, 2.75) is 81.7 Å². The van der Waals surface area contributed by atoms with Gasteiger partial charge in [0.2, 0.25) is 0 Å². The largest absolute Gasteiger partial charge is 0.342 e. The predicted molar refractivity (Wildman–Crippen MR) is 165 cm³/mol. The summed E-state index contributed by atoms with van der Waals surface area (Å²) < 4.78 is 32.3. The van der Waals surface area contributed by atoms with Gasteiger partial charge < -0.3 is 10.3 Å². The lowest BCUT2D eigenvalue weighted by Gasteiger charge is -2.23. The zero-order valence-electron chi connectivity index (χ0n) is 24.1. The summed E-state index contributed by atoms with van der Waals surface area (Å²) in [7, 11) is 0. The van der Waals surface area contributed by atoms with Crippen LogP contribution in [0.1, 0.15) is 79.8 Å². The molecule has 1 aromatic heterocycles. The fourth-order valence-electron chi connectivity index (χ4n) is 9.15. The minimum atomic E-state index is -3.07. The molecule has 2 bridgehead atoms. The average Bonchev–Trinajstić information content (AvgIpc) is 3.68. The maximum Gasteiger partial charge on any atom is 0.299 e. The smallest absolute Gasteiger partial charge is 0.299 e. The maximum atomic E-state index is 16.1. The number of aliphatic imine (C=N–C) groups is 1. The number of aromatic nitrogens is 2. The number of fused-ring (bicyclic) bond motifs is 6. The summed E-state index contributed by atoms with van der Waals surface area (Å²) in [5, 5.41) is 3.77. The Labute approximate surface area is 250 Å². The number of alkyl halides is 2. The zero-order chi connectivity index (χ0) is 28.5. The van der Waals surface area contributed by atoms with Crippen LogP contribution in [0, 0.1) is 11.3 Å². The molecule has 2 N–H and O–H groups in total. The average molecular weight is 573 g/mol. The quantitative estimate of drug-likeness (QED) is 0.257. The van der Waals surface area contributed by atoms with E-state index in [4.69, 9.17) is 4.99 Å². The molecule has 2 aliphatic heterocycles. The molecule has 1 unspecified atom stereocenters. The topological polar surface area (TPSA) is 53.1 Å². The Balaban J connectivity index is 0.927. The molecule has 1 saturated heterocycles. The molecule has 216 valence electrons. The van der Waals surface area contributed by atoms with Crippen molar-refractivity contribution in [1.29, 1.82) is 0 Å². The molecule has 6 aliphatic rings. The van der Waals surface area contributed by atoms with E-state index in [1.807, 2.05) is 36.5 Å². The highest BCUT2D eigenvalue weighted by Crippen LogP contribution is 2.61. The van der Waals surface area contributed by atoms with Gasteiger partial charge in [-0.25, -0.2) is 4.98 Å². The van der Waals surface area contributed by atoms with Crippen molar-refractivity contribution in [2.24, 2.45) is 16.3 Å². The Morgan fingerprint density at radius 3 is 2.33 bits per heavy atom. The Hall–Kier alpha value is -3.64. The molecule has 4 atom stereocenters. The van der Waals surface area contributed by atoms with Gasteiger partial charge in [-0.1, -0.05) is 30.3 Å². The zero-order valence-corrected chi connectivity index (χ0v) is 24.1. The van der Waals surface area contributed by atoms with E-state index < -0.39 is 5.92 Å². The molecule has 4 nitrogen and oxygen atoms in total. The first-order valence-electron chi connectivity index (χ1n) is 16.1. The first kappa shape index (κ1) is 24.8. The number of imidazole rings is 1. The minimum absolute atomic E-state index is 0.0801. The van der Waals surface area contributed by atoms with Gasteiger partial charge in [-0.3, -0.25) is 4.99 Å². The monoisotopic (exact) mass is 572 g/mol. The van der Waals surface area contributed by atoms with Crippen molar-refractivity contribution in [3.63, 3.8) is 0 Å². The van der Waals surface area contributed by atoms with Gasteiger partial charge in [-0.2, -0.15) is 8.78 Å². The van der Waals surface area contributed by atoms with Gasteiger partial charge in [-0.05, 0) is 115 Å². The highest BCUT2D eigenvalue weighted by molar-refractivity contribution is 5.99. The third kappa shape index (κ3) is 3.68. The second kappa shape index (κ2) is 8.50. The molecule has 4 aromatic rings. The van der Waals surface area contributed by atoms with Crippen LogP contribution in [0.15, 0.2) is 65.8 Å². The van der Waals surface area contributed by atoms with Gasteiger partial charge in [0.1, 0.15) is 5.82 Å². The number of halogens is 2. The van der Waals surface area contributed by atoms with Gasteiger partial charge >= 0.3 is 0 Å². The molecule has 0 radical (unpaired) electrons. The van der Waals surface area contributed by atoms with Gasteiger partial charge in [0.05, 0.1) is 17.6 Å². The second-order valence-electron chi connectivity index (χ2n) is 14.3. The molecule has 3 aromatic carbocycles. The number of benzene rings is 3. The number of hydrogen-bond donors (Lipinski definition) is 2. The number of nitrogens with one attached hydrogen (secondary N) is 2. The molecule has 0 amide bonds. The van der Waals surface area contributed by atoms with E-state index in [0.717, 1.165) is 40.3 Å². The lowest BCUT2D eigenvalue weighted by Crippen LogP contribution is -2.41. The van der Waals surface area contributed by atoms with Crippen LogP contribution in [0.5, 0.6) is 0 Å². The molecule has 3 heterocycles. The van der Waals surface area contributed by atoms with Crippen molar-refractivity contribution >= 4 is 11.4 Å². The van der Waals surface area contributed by atoms with E-state index >= 15 is 8.78 Å². The maximum absolute atomic E-state index is 16.1. The third-order valence-corrected chi connectivity index (χ3v) is 11.7. The first-order valence-corrected chi connectivity index (χ1v) is 16.1. The predicted octanol–water partition coefficient (Wildman–Crippen LogP) is 8.68. The highest BCUT2D eigenvalue weighted by Gasteiger charge is 2.49. The van der Waals surface area contributed by atoms with E-state index in [1.54, 1.807) is 12.1 Å². The first-order chi connectivity index (χ1) is 20.9. The molecule has 3 saturated carbocycles. The van der Waals surface area contributed by atoms with Crippen LogP contribution in [0.3, 0.4) is 0 Å². The van der Waals surface area contributed by atoms with Crippen LogP contribution in [0.2, 0.25) is 0 Å². The number of hydrogen-bond acceptors (Lipinski definition) is 3. The lowest BCUT2D eigenvalue weighted by molar-refractivity contribution is 0.0481. The van der Waals surface area contributed by atoms with E-state index in [-0.39, 0.29) is 11.1 Å². The van der Waals surface area contributed by atoms with Crippen LogP contribution < -0.4 is 5.32 Å². The summed E-state index contributed by atoms with van der Waals surface area (Å²) in [5.41, 5.74) is 8.82. The number of nitrogens with zero attached hydrogens (tertiary/aromatic N) is 2.